The summed E-state index contributed by atoms with van der Waals surface area (Å²) in [5, 5.41) is 0. The molecule has 3 heterocycles. The second-order valence-corrected chi connectivity index (χ2v) is 13.4. The molecule has 2 fully saturated rings. The van der Waals surface area contributed by atoms with Gasteiger partial charge in [-0.2, -0.15) is 0 Å². The van der Waals surface area contributed by atoms with Crippen molar-refractivity contribution in [3.8, 4) is 5.75 Å². The molecule has 0 amide bonds. The predicted octanol–water partition coefficient (Wildman–Crippen LogP) is 5.48. The first kappa shape index (κ1) is 28.2. The van der Waals surface area contributed by atoms with Gasteiger partial charge in [-0.15, -0.1) is 0 Å². The van der Waals surface area contributed by atoms with E-state index in [1.54, 1.807) is 12.1 Å². The fourth-order valence-corrected chi connectivity index (χ4v) is 6.54. The number of hydrogen-bond acceptors (Lipinski definition) is 5. The first-order chi connectivity index (χ1) is 18.7. The summed E-state index contributed by atoms with van der Waals surface area (Å²) in [6.45, 7) is 13.2. The van der Waals surface area contributed by atoms with Crippen LogP contribution in [0.25, 0.3) is 0 Å². The van der Waals surface area contributed by atoms with Crippen molar-refractivity contribution >= 4 is 25.2 Å². The zero-order valence-electron chi connectivity index (χ0n) is 24.6. The molecule has 4 aliphatic rings. The van der Waals surface area contributed by atoms with Crippen LogP contribution in [0, 0.1) is 0 Å². The van der Waals surface area contributed by atoms with Crippen LogP contribution >= 0.6 is 0 Å². The molecule has 0 aromatic heterocycles. The molecule has 0 saturated carbocycles. The Balaban J connectivity index is 1.18. The second kappa shape index (κ2) is 9.55. The molecule has 0 N–H and O–H groups in total. The summed E-state index contributed by atoms with van der Waals surface area (Å²) >= 11 is 0. The number of aryl methyl sites for hydroxylation is 2. The van der Waals surface area contributed by atoms with Crippen LogP contribution in [0.3, 0.4) is 0 Å². The Kier molecular flexibility index (Phi) is 6.73. The van der Waals surface area contributed by atoms with Crippen LogP contribution in [0.1, 0.15) is 90.3 Å². The van der Waals surface area contributed by atoms with Crippen LogP contribution in [0.15, 0.2) is 36.4 Å². The van der Waals surface area contributed by atoms with Crippen LogP contribution in [0.2, 0.25) is 0 Å². The van der Waals surface area contributed by atoms with Gasteiger partial charge in [0.15, 0.2) is 0 Å². The summed E-state index contributed by atoms with van der Waals surface area (Å²) < 4.78 is 60.9. The molecular weight excluding hydrogens is 512 g/mol. The maximum absolute atomic E-state index is 14.4. The fraction of sp³-hybridized carbons (Fsp3) is 0.613. The minimum absolute atomic E-state index is 0.0937. The molecule has 0 radical (unpaired) electrons. The maximum Gasteiger partial charge on any atom is 0.494 e. The smallest absolute Gasteiger partial charge is 0.493 e. The number of ether oxygens (including phenoxy) is 1. The standard InChI is InChI=1S/C31H40B2F2O5/c1-27(2)29(5,39-32(37-27)23-11-13-25-21(19-23)9-7-15-31(25,34)35)16-17-30(6)28(3,4)38-33(40-30)24-12-14-26-22(20-24)10-8-18-36-26/h11-14,19-20H,7-10,15-18H2,1-6H3. The summed E-state index contributed by atoms with van der Waals surface area (Å²) in [5.74, 6) is -1.82. The normalized spacial score (nSPS) is 30.1. The first-order valence-corrected chi connectivity index (χ1v) is 14.7. The van der Waals surface area contributed by atoms with Crippen LogP contribution in [0.5, 0.6) is 5.75 Å². The van der Waals surface area contributed by atoms with Gasteiger partial charge in [0.1, 0.15) is 5.75 Å². The Morgan fingerprint density at radius 1 is 0.700 bits per heavy atom. The number of fused-ring (bicyclic) bond motifs is 2. The van der Waals surface area contributed by atoms with Gasteiger partial charge in [0, 0.05) is 12.0 Å². The van der Waals surface area contributed by atoms with E-state index in [0.29, 0.717) is 31.2 Å². The topological polar surface area (TPSA) is 46.2 Å². The van der Waals surface area contributed by atoms with Gasteiger partial charge in [-0.05, 0) is 108 Å². The quantitative estimate of drug-likeness (QED) is 0.460. The molecule has 5 nitrogen and oxygen atoms in total. The van der Waals surface area contributed by atoms with Crippen molar-refractivity contribution in [2.75, 3.05) is 6.61 Å². The largest absolute Gasteiger partial charge is 0.494 e. The highest BCUT2D eigenvalue weighted by Gasteiger charge is 2.59. The van der Waals surface area contributed by atoms with Gasteiger partial charge in [0.2, 0.25) is 0 Å². The molecular formula is C31H40B2F2O5. The molecule has 0 bridgehead atoms. The van der Waals surface area contributed by atoms with Crippen molar-refractivity contribution in [1.82, 2.24) is 0 Å². The molecule has 2 unspecified atom stereocenters. The van der Waals surface area contributed by atoms with Gasteiger partial charge in [-0.3, -0.25) is 0 Å². The minimum atomic E-state index is -2.77. The van der Waals surface area contributed by atoms with E-state index >= 15 is 0 Å². The van der Waals surface area contributed by atoms with E-state index in [1.165, 1.54) is 5.56 Å². The SMILES string of the molecule is CC1(C)OB(c2ccc3c(c2)CCCO3)OC1(C)CCC1(C)OB(c2ccc3c(c2)CCCC3(F)F)OC1(C)C. The Morgan fingerprint density at radius 3 is 1.88 bits per heavy atom. The lowest BCUT2D eigenvalue weighted by Gasteiger charge is -2.42. The van der Waals surface area contributed by atoms with Crippen molar-refractivity contribution in [3.05, 3.63) is 53.1 Å². The molecule has 2 aromatic carbocycles. The monoisotopic (exact) mass is 552 g/mol. The third kappa shape index (κ3) is 4.71. The maximum atomic E-state index is 14.4. The molecule has 9 heteroatoms. The second-order valence-electron chi connectivity index (χ2n) is 13.4. The summed E-state index contributed by atoms with van der Waals surface area (Å²) in [6, 6.07) is 11.3. The third-order valence-corrected chi connectivity index (χ3v) is 10.1. The molecule has 2 aromatic rings. The van der Waals surface area contributed by atoms with Gasteiger partial charge in [-0.25, -0.2) is 8.78 Å². The Morgan fingerprint density at radius 2 is 1.25 bits per heavy atom. The van der Waals surface area contributed by atoms with Gasteiger partial charge >= 0.3 is 14.2 Å². The summed E-state index contributed by atoms with van der Waals surface area (Å²) in [7, 11) is -1.08. The Labute approximate surface area is 237 Å². The number of benzene rings is 2. The van der Waals surface area contributed by atoms with Crippen LogP contribution in [0.4, 0.5) is 8.78 Å². The molecule has 1 aliphatic carbocycles. The lowest BCUT2D eigenvalue weighted by Crippen LogP contribution is -2.50. The average molecular weight is 552 g/mol. The van der Waals surface area contributed by atoms with Crippen molar-refractivity contribution in [2.24, 2.45) is 0 Å². The van der Waals surface area contributed by atoms with Crippen molar-refractivity contribution < 1.29 is 32.1 Å². The van der Waals surface area contributed by atoms with E-state index in [2.05, 4.69) is 33.8 Å². The van der Waals surface area contributed by atoms with E-state index in [9.17, 15) is 8.78 Å². The zero-order chi connectivity index (χ0) is 28.6. The highest BCUT2D eigenvalue weighted by atomic mass is 19.3. The summed E-state index contributed by atoms with van der Waals surface area (Å²) in [6.07, 6.45) is 4.41. The highest BCUT2D eigenvalue weighted by molar-refractivity contribution is 6.62. The van der Waals surface area contributed by atoms with E-state index in [0.717, 1.165) is 36.1 Å². The molecule has 2 atom stereocenters. The first-order valence-electron chi connectivity index (χ1n) is 14.7. The van der Waals surface area contributed by atoms with Gasteiger partial charge in [-0.1, -0.05) is 30.3 Å². The predicted molar refractivity (Wildman–Crippen MR) is 153 cm³/mol. The summed E-state index contributed by atoms with van der Waals surface area (Å²) in [4.78, 5) is 0. The minimum Gasteiger partial charge on any atom is -0.493 e. The third-order valence-electron chi connectivity index (χ3n) is 10.1. The molecule has 40 heavy (non-hydrogen) atoms. The molecule has 214 valence electrons. The van der Waals surface area contributed by atoms with E-state index < -0.39 is 42.6 Å². The van der Waals surface area contributed by atoms with Gasteiger partial charge in [0.25, 0.3) is 5.92 Å². The van der Waals surface area contributed by atoms with Gasteiger partial charge < -0.3 is 23.4 Å². The van der Waals surface area contributed by atoms with Crippen LogP contribution in [-0.2, 0) is 37.4 Å². The number of hydrogen-bond donors (Lipinski definition) is 0. The number of alkyl halides is 2. The van der Waals surface area contributed by atoms with Gasteiger partial charge in [0.05, 0.1) is 29.0 Å². The van der Waals surface area contributed by atoms with Crippen molar-refractivity contribution in [1.29, 1.82) is 0 Å². The highest BCUT2D eigenvalue weighted by Crippen LogP contribution is 2.47. The lowest BCUT2D eigenvalue weighted by molar-refractivity contribution is -0.0576. The van der Waals surface area contributed by atoms with Crippen LogP contribution < -0.4 is 15.7 Å². The van der Waals surface area contributed by atoms with Crippen LogP contribution in [-0.4, -0.2) is 43.2 Å². The number of rotatable bonds is 5. The summed E-state index contributed by atoms with van der Waals surface area (Å²) in [5.41, 5.74) is 1.49. The Hall–Kier alpha value is -1.93. The molecule has 3 aliphatic heterocycles. The molecule has 0 spiro atoms. The van der Waals surface area contributed by atoms with E-state index in [-0.39, 0.29) is 12.0 Å². The van der Waals surface area contributed by atoms with Crippen molar-refractivity contribution in [3.63, 3.8) is 0 Å². The zero-order valence-corrected chi connectivity index (χ0v) is 24.6. The molecule has 2 saturated heterocycles. The average Bonchev–Trinajstić information content (AvgIpc) is 3.29. The Bertz CT molecular complexity index is 1300. The lowest BCUT2D eigenvalue weighted by atomic mass is 9.75. The van der Waals surface area contributed by atoms with E-state index in [4.69, 9.17) is 23.4 Å². The molecule has 6 rings (SSSR count). The van der Waals surface area contributed by atoms with Crippen molar-refractivity contribution in [2.45, 2.75) is 115 Å². The van der Waals surface area contributed by atoms with E-state index in [1.807, 2.05) is 32.0 Å². The number of halogens is 2. The fourth-order valence-electron chi connectivity index (χ4n) is 6.54.